The Labute approximate surface area is 127 Å². The molecule has 1 aliphatic heterocycles. The number of piperidine rings is 1. The summed E-state index contributed by atoms with van der Waals surface area (Å²) in [7, 11) is 2.11. The minimum Gasteiger partial charge on any atom is -0.385 e. The van der Waals surface area contributed by atoms with Crippen LogP contribution >= 0.6 is 0 Å². The van der Waals surface area contributed by atoms with Gasteiger partial charge in [0.25, 0.3) is 5.91 Å². The summed E-state index contributed by atoms with van der Waals surface area (Å²) in [5, 5.41) is 6.52. The summed E-state index contributed by atoms with van der Waals surface area (Å²) in [6, 6.07) is 6.24. The fraction of sp³-hybridized carbons (Fsp3) is 0.588. The summed E-state index contributed by atoms with van der Waals surface area (Å²) >= 11 is 0. The van der Waals surface area contributed by atoms with E-state index in [1.165, 1.54) is 0 Å². The molecule has 1 unspecified atom stereocenters. The average Bonchev–Trinajstić information content (AvgIpc) is 2.45. The number of nitrogens with zero attached hydrogens (tertiary/aromatic N) is 1. The van der Waals surface area contributed by atoms with Gasteiger partial charge in [0.2, 0.25) is 0 Å². The number of nitrogens with one attached hydrogen (secondary N) is 2. The van der Waals surface area contributed by atoms with Gasteiger partial charge >= 0.3 is 0 Å². The number of hydrogen-bond donors (Lipinski definition) is 2. The first-order chi connectivity index (χ1) is 10.1. The molecule has 116 valence electrons. The number of amides is 1. The maximum absolute atomic E-state index is 12.4. The van der Waals surface area contributed by atoms with Crippen LogP contribution in [0.4, 0.5) is 5.69 Å². The molecule has 4 nitrogen and oxygen atoms in total. The molecule has 1 amide bonds. The number of anilines is 1. The molecule has 1 aromatic rings. The second-order valence-electron chi connectivity index (χ2n) is 6.03. The molecule has 0 saturated carbocycles. The number of likely N-dealkylation sites (tertiary alicyclic amines) is 1. The lowest BCUT2D eigenvalue weighted by molar-refractivity contribution is 0.0912. The van der Waals surface area contributed by atoms with Crippen LogP contribution in [-0.4, -0.2) is 43.5 Å². The van der Waals surface area contributed by atoms with Crippen molar-refractivity contribution in [3.05, 3.63) is 29.3 Å². The second-order valence-corrected chi connectivity index (χ2v) is 6.03. The summed E-state index contributed by atoms with van der Waals surface area (Å²) in [5.41, 5.74) is 2.89. The Hall–Kier alpha value is -1.55. The second kappa shape index (κ2) is 7.46. The van der Waals surface area contributed by atoms with Crippen molar-refractivity contribution in [3.63, 3.8) is 0 Å². The van der Waals surface area contributed by atoms with Gasteiger partial charge in [0.05, 0.1) is 0 Å². The maximum Gasteiger partial charge on any atom is 0.251 e. The predicted molar refractivity (Wildman–Crippen MR) is 87.9 cm³/mol. The quantitative estimate of drug-likeness (QED) is 0.876. The van der Waals surface area contributed by atoms with E-state index in [0.29, 0.717) is 0 Å². The highest BCUT2D eigenvalue weighted by molar-refractivity contribution is 5.96. The standard InChI is InChI=1S/C17H27N3O/c1-4-9-18-14-7-8-16(13(2)11-14)17(21)19-15-6-5-10-20(3)12-15/h7-8,11,15,18H,4-6,9-10,12H2,1-3H3,(H,19,21). The van der Waals surface area contributed by atoms with Crippen molar-refractivity contribution >= 4 is 11.6 Å². The van der Waals surface area contributed by atoms with Crippen LogP contribution in [0, 0.1) is 6.92 Å². The highest BCUT2D eigenvalue weighted by atomic mass is 16.1. The smallest absolute Gasteiger partial charge is 0.251 e. The average molecular weight is 289 g/mol. The van der Waals surface area contributed by atoms with Gasteiger partial charge in [-0.2, -0.15) is 0 Å². The zero-order valence-electron chi connectivity index (χ0n) is 13.4. The first-order valence-corrected chi connectivity index (χ1v) is 7.94. The highest BCUT2D eigenvalue weighted by Gasteiger charge is 2.20. The van der Waals surface area contributed by atoms with Crippen molar-refractivity contribution in [1.82, 2.24) is 10.2 Å². The van der Waals surface area contributed by atoms with Gasteiger partial charge in [0.1, 0.15) is 0 Å². The van der Waals surface area contributed by atoms with Gasteiger partial charge in [-0.3, -0.25) is 4.79 Å². The first-order valence-electron chi connectivity index (χ1n) is 7.94. The molecule has 1 atom stereocenters. The van der Waals surface area contributed by atoms with Gasteiger partial charge in [0, 0.05) is 30.4 Å². The molecule has 4 heteroatoms. The zero-order chi connectivity index (χ0) is 15.2. The predicted octanol–water partition coefficient (Wildman–Crippen LogP) is 2.64. The van der Waals surface area contributed by atoms with Gasteiger partial charge < -0.3 is 15.5 Å². The fourth-order valence-corrected chi connectivity index (χ4v) is 2.85. The van der Waals surface area contributed by atoms with E-state index in [4.69, 9.17) is 0 Å². The van der Waals surface area contributed by atoms with Gasteiger partial charge in [-0.1, -0.05) is 6.92 Å². The maximum atomic E-state index is 12.4. The molecule has 1 heterocycles. The Morgan fingerprint density at radius 2 is 2.24 bits per heavy atom. The molecule has 0 aromatic heterocycles. The Balaban J connectivity index is 1.98. The molecular weight excluding hydrogens is 262 g/mol. The van der Waals surface area contributed by atoms with Gasteiger partial charge in [0.15, 0.2) is 0 Å². The number of carbonyl (C=O) groups excluding carboxylic acids is 1. The van der Waals surface area contributed by atoms with Gasteiger partial charge in [-0.05, 0) is 63.5 Å². The van der Waals surface area contributed by atoms with Crippen LogP contribution in [0.25, 0.3) is 0 Å². The summed E-state index contributed by atoms with van der Waals surface area (Å²) < 4.78 is 0. The fourth-order valence-electron chi connectivity index (χ4n) is 2.85. The van der Waals surface area contributed by atoms with Crippen molar-refractivity contribution in [3.8, 4) is 0 Å². The number of carbonyl (C=O) groups is 1. The minimum atomic E-state index is 0.0508. The molecule has 1 aromatic carbocycles. The molecule has 1 saturated heterocycles. The minimum absolute atomic E-state index is 0.0508. The van der Waals surface area contributed by atoms with Crippen molar-refractivity contribution in [1.29, 1.82) is 0 Å². The van der Waals surface area contributed by atoms with Crippen molar-refractivity contribution < 1.29 is 4.79 Å². The van der Waals surface area contributed by atoms with Crippen LogP contribution in [-0.2, 0) is 0 Å². The van der Waals surface area contributed by atoms with Crippen molar-refractivity contribution in [2.75, 3.05) is 32.0 Å². The molecular formula is C17H27N3O. The number of likely N-dealkylation sites (N-methyl/N-ethyl adjacent to an activating group) is 1. The Kier molecular flexibility index (Phi) is 5.62. The molecule has 0 aliphatic carbocycles. The Morgan fingerprint density at radius 3 is 2.90 bits per heavy atom. The van der Waals surface area contributed by atoms with Crippen LogP contribution in [0.15, 0.2) is 18.2 Å². The van der Waals surface area contributed by atoms with E-state index in [1.807, 2.05) is 19.1 Å². The molecule has 2 rings (SSSR count). The lowest BCUT2D eigenvalue weighted by atomic mass is 10.0. The van der Waals surface area contributed by atoms with E-state index in [0.717, 1.165) is 55.7 Å². The van der Waals surface area contributed by atoms with E-state index in [1.54, 1.807) is 0 Å². The molecule has 0 spiro atoms. The van der Waals surface area contributed by atoms with E-state index in [9.17, 15) is 4.79 Å². The third-order valence-corrected chi connectivity index (χ3v) is 4.01. The summed E-state index contributed by atoms with van der Waals surface area (Å²) in [6.45, 7) is 7.17. The van der Waals surface area contributed by atoms with Crippen LogP contribution < -0.4 is 10.6 Å². The zero-order valence-corrected chi connectivity index (χ0v) is 13.4. The van der Waals surface area contributed by atoms with Crippen LogP contribution in [0.3, 0.4) is 0 Å². The third kappa shape index (κ3) is 4.46. The number of aryl methyl sites for hydroxylation is 1. The van der Waals surface area contributed by atoms with Gasteiger partial charge in [-0.25, -0.2) is 0 Å². The summed E-state index contributed by atoms with van der Waals surface area (Å²) in [5.74, 6) is 0.0508. The number of benzene rings is 1. The lowest BCUT2D eigenvalue weighted by Gasteiger charge is -2.30. The number of rotatable bonds is 5. The SMILES string of the molecule is CCCNc1ccc(C(=O)NC2CCCN(C)C2)c(C)c1. The summed E-state index contributed by atoms with van der Waals surface area (Å²) in [6.07, 6.45) is 3.32. The Bertz CT molecular complexity index is 487. The molecule has 0 radical (unpaired) electrons. The van der Waals surface area contributed by atoms with Crippen molar-refractivity contribution in [2.45, 2.75) is 39.2 Å². The lowest BCUT2D eigenvalue weighted by Crippen LogP contribution is -2.46. The molecule has 1 aliphatic rings. The largest absolute Gasteiger partial charge is 0.385 e. The highest BCUT2D eigenvalue weighted by Crippen LogP contribution is 2.16. The van der Waals surface area contributed by atoms with E-state index < -0.39 is 0 Å². The van der Waals surface area contributed by atoms with E-state index in [2.05, 4.69) is 35.6 Å². The van der Waals surface area contributed by atoms with Crippen LogP contribution in [0.1, 0.15) is 42.1 Å². The normalized spacial score (nSPS) is 19.3. The van der Waals surface area contributed by atoms with Crippen LogP contribution in [0.5, 0.6) is 0 Å². The van der Waals surface area contributed by atoms with Gasteiger partial charge in [-0.15, -0.1) is 0 Å². The monoisotopic (exact) mass is 289 g/mol. The van der Waals surface area contributed by atoms with E-state index in [-0.39, 0.29) is 11.9 Å². The van der Waals surface area contributed by atoms with Crippen molar-refractivity contribution in [2.24, 2.45) is 0 Å². The third-order valence-electron chi connectivity index (χ3n) is 4.01. The topological polar surface area (TPSA) is 44.4 Å². The first kappa shape index (κ1) is 15.8. The van der Waals surface area contributed by atoms with E-state index >= 15 is 0 Å². The molecule has 0 bridgehead atoms. The van der Waals surface area contributed by atoms with Crippen LogP contribution in [0.2, 0.25) is 0 Å². The Morgan fingerprint density at radius 1 is 1.43 bits per heavy atom. The molecule has 2 N–H and O–H groups in total. The molecule has 1 fully saturated rings. The number of hydrogen-bond acceptors (Lipinski definition) is 3. The summed E-state index contributed by atoms with van der Waals surface area (Å²) in [4.78, 5) is 14.7. The molecule has 21 heavy (non-hydrogen) atoms.